The number of carbonyl (C=O) groups excluding carboxylic acids is 2. The van der Waals surface area contributed by atoms with Crippen molar-refractivity contribution in [3.63, 3.8) is 0 Å². The topological polar surface area (TPSA) is 40.6 Å². The van der Waals surface area contributed by atoms with Gasteiger partial charge in [0.2, 0.25) is 11.8 Å². The number of hydrogen-bond acceptors (Lipinski definition) is 2. The fourth-order valence-corrected chi connectivity index (χ4v) is 0.257. The van der Waals surface area contributed by atoms with E-state index >= 15 is 0 Å². The van der Waals surface area contributed by atoms with Gasteiger partial charge in [-0.05, 0) is 12.4 Å². The molecule has 0 saturated heterocycles. The Morgan fingerprint density at radius 1 is 0.929 bits per heavy atom. The summed E-state index contributed by atoms with van der Waals surface area (Å²) in [5.41, 5.74) is 0. The van der Waals surface area contributed by atoms with E-state index in [1.165, 1.54) is 36.0 Å². The van der Waals surface area contributed by atoms with Crippen LogP contribution in [0.3, 0.4) is 0 Å². The summed E-state index contributed by atoms with van der Waals surface area (Å²) in [6.07, 6.45) is 2.95. The van der Waals surface area contributed by atoms with Crippen molar-refractivity contribution in [2.45, 2.75) is 13.8 Å². The molecule has 4 heteroatoms. The van der Waals surface area contributed by atoms with Crippen molar-refractivity contribution in [3.8, 4) is 0 Å². The highest BCUT2D eigenvalue weighted by Gasteiger charge is 1.91. The quantitative estimate of drug-likeness (QED) is 0.669. The Kier molecular flexibility index (Phi) is 8.57. The fraction of sp³-hybridized carbons (Fsp3) is 0.400. The molecule has 0 bridgehead atoms. The van der Waals surface area contributed by atoms with E-state index < -0.39 is 0 Å². The Balaban J connectivity index is 0. The van der Waals surface area contributed by atoms with Crippen LogP contribution in [0.25, 0.3) is 0 Å². The molecule has 0 rings (SSSR count). The molecule has 0 radical (unpaired) electrons. The SMILES string of the molecule is C=CN(C)C(C)=O.C=CN(C)C(C)=O. The zero-order valence-corrected chi connectivity index (χ0v) is 9.28. The van der Waals surface area contributed by atoms with Crippen LogP contribution in [-0.4, -0.2) is 35.7 Å². The molecule has 0 aromatic heterocycles. The van der Waals surface area contributed by atoms with Crippen LogP contribution >= 0.6 is 0 Å². The molecule has 0 aliphatic rings. The van der Waals surface area contributed by atoms with Gasteiger partial charge in [0.1, 0.15) is 0 Å². The second kappa shape index (κ2) is 8.04. The van der Waals surface area contributed by atoms with Crippen molar-refractivity contribution < 1.29 is 9.59 Å². The molecule has 4 nitrogen and oxygen atoms in total. The van der Waals surface area contributed by atoms with Gasteiger partial charge in [0.15, 0.2) is 0 Å². The number of nitrogens with zero attached hydrogens (tertiary/aromatic N) is 2. The molecule has 0 saturated carbocycles. The van der Waals surface area contributed by atoms with Gasteiger partial charge in [-0.3, -0.25) is 9.59 Å². The van der Waals surface area contributed by atoms with Crippen LogP contribution in [-0.2, 0) is 9.59 Å². The lowest BCUT2D eigenvalue weighted by molar-refractivity contribution is -0.126. The lowest BCUT2D eigenvalue weighted by atomic mass is 10.6. The third-order valence-corrected chi connectivity index (χ3v) is 1.54. The molecule has 0 unspecified atom stereocenters. The molecule has 80 valence electrons. The number of rotatable bonds is 2. The van der Waals surface area contributed by atoms with Crippen molar-refractivity contribution in [2.24, 2.45) is 0 Å². The minimum absolute atomic E-state index is 0.00926. The summed E-state index contributed by atoms with van der Waals surface area (Å²) >= 11 is 0. The van der Waals surface area contributed by atoms with Crippen molar-refractivity contribution in [3.05, 3.63) is 25.6 Å². The first-order valence-electron chi connectivity index (χ1n) is 4.08. The molecule has 0 aliphatic heterocycles. The molecule has 0 heterocycles. The summed E-state index contributed by atoms with van der Waals surface area (Å²) in [6.45, 7) is 9.75. The molecule has 0 aliphatic carbocycles. The standard InChI is InChI=1S/2C5H9NO/c2*1-4-6(3)5(2)7/h2*4H,1H2,2-3H3. The molecule has 0 N–H and O–H groups in total. The summed E-state index contributed by atoms with van der Waals surface area (Å²) in [7, 11) is 3.32. The Labute approximate surface area is 85.5 Å². The van der Waals surface area contributed by atoms with Crippen LogP contribution in [0, 0.1) is 0 Å². The third-order valence-electron chi connectivity index (χ3n) is 1.54. The monoisotopic (exact) mass is 198 g/mol. The van der Waals surface area contributed by atoms with Gasteiger partial charge < -0.3 is 9.80 Å². The second-order valence-corrected chi connectivity index (χ2v) is 2.62. The number of carbonyl (C=O) groups is 2. The zero-order chi connectivity index (χ0) is 11.7. The van der Waals surface area contributed by atoms with Gasteiger partial charge in [-0.25, -0.2) is 0 Å². The summed E-state index contributed by atoms with van der Waals surface area (Å²) in [5, 5.41) is 0. The van der Waals surface area contributed by atoms with Gasteiger partial charge in [0.25, 0.3) is 0 Å². The van der Waals surface area contributed by atoms with Crippen LogP contribution in [0.1, 0.15) is 13.8 Å². The first-order valence-corrected chi connectivity index (χ1v) is 4.08. The smallest absolute Gasteiger partial charge is 0.223 e. The summed E-state index contributed by atoms with van der Waals surface area (Å²) in [6, 6.07) is 0. The van der Waals surface area contributed by atoms with Gasteiger partial charge in [-0.15, -0.1) is 0 Å². The van der Waals surface area contributed by atoms with E-state index in [2.05, 4.69) is 13.2 Å². The van der Waals surface area contributed by atoms with Crippen LogP contribution in [0.5, 0.6) is 0 Å². The summed E-state index contributed by atoms with van der Waals surface area (Å²) in [5.74, 6) is 0.0185. The van der Waals surface area contributed by atoms with Gasteiger partial charge in [0.05, 0.1) is 0 Å². The van der Waals surface area contributed by atoms with Crippen LogP contribution in [0.15, 0.2) is 25.6 Å². The molecule has 2 amide bonds. The predicted molar refractivity (Wildman–Crippen MR) is 57.3 cm³/mol. The molecule has 14 heavy (non-hydrogen) atoms. The van der Waals surface area contributed by atoms with E-state index in [4.69, 9.17) is 0 Å². The predicted octanol–water partition coefficient (Wildman–Crippen LogP) is 1.22. The normalized spacial score (nSPS) is 7.71. The Bertz CT molecular complexity index is 200. The highest BCUT2D eigenvalue weighted by molar-refractivity contribution is 5.74. The van der Waals surface area contributed by atoms with Crippen molar-refractivity contribution >= 4 is 11.8 Å². The van der Waals surface area contributed by atoms with E-state index in [9.17, 15) is 9.59 Å². The van der Waals surface area contributed by atoms with E-state index in [0.717, 1.165) is 0 Å². The highest BCUT2D eigenvalue weighted by Crippen LogP contribution is 1.79. The highest BCUT2D eigenvalue weighted by atomic mass is 16.2. The van der Waals surface area contributed by atoms with E-state index in [1.54, 1.807) is 14.1 Å². The van der Waals surface area contributed by atoms with Crippen LogP contribution < -0.4 is 0 Å². The van der Waals surface area contributed by atoms with Crippen molar-refractivity contribution in [1.29, 1.82) is 0 Å². The molecule has 0 aromatic carbocycles. The second-order valence-electron chi connectivity index (χ2n) is 2.62. The number of hydrogen-bond donors (Lipinski definition) is 0. The molecule has 0 aromatic rings. The molecule has 0 spiro atoms. The summed E-state index contributed by atoms with van der Waals surface area (Å²) < 4.78 is 0. The van der Waals surface area contributed by atoms with Crippen LogP contribution in [0.2, 0.25) is 0 Å². The lowest BCUT2D eigenvalue weighted by Crippen LogP contribution is -2.15. The molecule has 0 atom stereocenters. The number of amides is 2. The first kappa shape index (κ1) is 14.9. The zero-order valence-electron chi connectivity index (χ0n) is 9.28. The maximum Gasteiger partial charge on any atom is 0.223 e. The molecular weight excluding hydrogens is 180 g/mol. The van der Waals surface area contributed by atoms with Gasteiger partial charge in [-0.2, -0.15) is 0 Å². The van der Waals surface area contributed by atoms with Gasteiger partial charge in [-0.1, -0.05) is 13.2 Å². The van der Waals surface area contributed by atoms with Crippen molar-refractivity contribution in [1.82, 2.24) is 9.80 Å². The minimum atomic E-state index is 0.00926. The third kappa shape index (κ3) is 8.52. The molecular formula is C10H18N2O2. The lowest BCUT2D eigenvalue weighted by Gasteiger charge is -2.04. The van der Waals surface area contributed by atoms with E-state index in [-0.39, 0.29) is 11.8 Å². The van der Waals surface area contributed by atoms with Crippen LogP contribution in [0.4, 0.5) is 0 Å². The van der Waals surface area contributed by atoms with E-state index in [1.807, 2.05) is 0 Å². The largest absolute Gasteiger partial charge is 0.323 e. The molecule has 0 fully saturated rings. The first-order chi connectivity index (χ1) is 6.36. The maximum atomic E-state index is 10.2. The average Bonchev–Trinajstić information content (AvgIpc) is 2.15. The Hall–Kier alpha value is -1.58. The van der Waals surface area contributed by atoms with Crippen molar-refractivity contribution in [2.75, 3.05) is 14.1 Å². The van der Waals surface area contributed by atoms with Gasteiger partial charge in [0, 0.05) is 27.9 Å². The summed E-state index contributed by atoms with van der Waals surface area (Å²) in [4.78, 5) is 23.3. The average molecular weight is 198 g/mol. The van der Waals surface area contributed by atoms with E-state index in [0.29, 0.717) is 0 Å². The Morgan fingerprint density at radius 3 is 1.14 bits per heavy atom. The fourth-order valence-electron chi connectivity index (χ4n) is 0.257. The maximum absolute atomic E-state index is 10.2. The Morgan fingerprint density at radius 2 is 1.14 bits per heavy atom. The minimum Gasteiger partial charge on any atom is -0.323 e. The van der Waals surface area contributed by atoms with Gasteiger partial charge >= 0.3 is 0 Å².